The van der Waals surface area contributed by atoms with E-state index in [9.17, 15) is 4.39 Å². The molecule has 0 aliphatic carbocycles. The number of aromatic nitrogens is 3. The van der Waals surface area contributed by atoms with Crippen LogP contribution in [0.25, 0.3) is 11.0 Å². The van der Waals surface area contributed by atoms with Gasteiger partial charge in [-0.2, -0.15) is 0 Å². The van der Waals surface area contributed by atoms with Crippen LogP contribution in [-0.4, -0.2) is 14.5 Å². The van der Waals surface area contributed by atoms with E-state index >= 15 is 0 Å². The molecule has 0 amide bonds. The molecule has 0 unspecified atom stereocenters. The Morgan fingerprint density at radius 2 is 2.00 bits per heavy atom. The molecular formula is C15H15FN4. The minimum Gasteiger partial charge on any atom is -0.362 e. The minimum absolute atomic E-state index is 0.177. The average Bonchev–Trinajstić information content (AvgIpc) is 2.82. The Morgan fingerprint density at radius 3 is 2.80 bits per heavy atom. The molecule has 0 aliphatic rings. The van der Waals surface area contributed by atoms with Crippen molar-refractivity contribution in [2.24, 2.45) is 7.05 Å². The van der Waals surface area contributed by atoms with Crippen molar-refractivity contribution in [1.29, 1.82) is 0 Å². The summed E-state index contributed by atoms with van der Waals surface area (Å²) < 4.78 is 15.7. The van der Waals surface area contributed by atoms with Gasteiger partial charge in [0.2, 0.25) is 0 Å². The largest absolute Gasteiger partial charge is 0.362 e. The van der Waals surface area contributed by atoms with E-state index in [1.807, 2.05) is 36.9 Å². The molecule has 0 spiro atoms. The normalized spacial score (nSPS) is 12.6. The summed E-state index contributed by atoms with van der Waals surface area (Å²) in [6, 6.07) is 8.50. The summed E-state index contributed by atoms with van der Waals surface area (Å²) in [5.74, 6) is 0.489. The van der Waals surface area contributed by atoms with Crippen LogP contribution in [0.1, 0.15) is 18.5 Å². The summed E-state index contributed by atoms with van der Waals surface area (Å²) in [6.45, 7) is 1.91. The van der Waals surface area contributed by atoms with Crippen LogP contribution in [0.2, 0.25) is 0 Å². The molecule has 1 aromatic carbocycles. The number of benzene rings is 1. The Balaban J connectivity index is 1.97. The van der Waals surface area contributed by atoms with E-state index in [0.717, 1.165) is 11.0 Å². The second kappa shape index (κ2) is 4.92. The Bertz CT molecular complexity index is 750. The van der Waals surface area contributed by atoms with E-state index in [-0.39, 0.29) is 11.9 Å². The van der Waals surface area contributed by atoms with Crippen molar-refractivity contribution in [2.75, 3.05) is 5.32 Å². The van der Waals surface area contributed by atoms with Gasteiger partial charge < -0.3 is 9.88 Å². The number of nitrogens with one attached hydrogen (secondary N) is 1. The number of hydrogen-bond donors (Lipinski definition) is 1. The fourth-order valence-corrected chi connectivity index (χ4v) is 2.33. The van der Waals surface area contributed by atoms with Gasteiger partial charge in [0.05, 0.1) is 11.6 Å². The molecule has 1 N–H and O–H groups in total. The molecular weight excluding hydrogens is 255 g/mol. The maximum Gasteiger partial charge on any atom is 0.154 e. The lowest BCUT2D eigenvalue weighted by molar-refractivity contribution is 0.600. The summed E-state index contributed by atoms with van der Waals surface area (Å²) in [5.41, 5.74) is 2.40. The van der Waals surface area contributed by atoms with Gasteiger partial charge in [-0.05, 0) is 19.1 Å². The summed E-state index contributed by atoms with van der Waals surface area (Å²) in [7, 11) is 1.94. The molecule has 2 aromatic heterocycles. The molecule has 0 bridgehead atoms. The van der Waals surface area contributed by atoms with E-state index < -0.39 is 0 Å². The van der Waals surface area contributed by atoms with E-state index in [2.05, 4.69) is 15.3 Å². The molecule has 4 nitrogen and oxygen atoms in total. The van der Waals surface area contributed by atoms with E-state index in [1.165, 1.54) is 12.4 Å². The van der Waals surface area contributed by atoms with Crippen LogP contribution in [0.4, 0.5) is 10.2 Å². The molecule has 0 saturated carbocycles. The number of hydrogen-bond acceptors (Lipinski definition) is 3. The number of fused-ring (bicyclic) bond motifs is 1. The highest BCUT2D eigenvalue weighted by Crippen LogP contribution is 2.25. The molecule has 3 aromatic rings. The first-order valence-corrected chi connectivity index (χ1v) is 6.44. The maximum atomic E-state index is 13.8. The van der Waals surface area contributed by atoms with Crippen molar-refractivity contribution in [1.82, 2.24) is 14.5 Å². The average molecular weight is 270 g/mol. The zero-order valence-corrected chi connectivity index (χ0v) is 11.3. The van der Waals surface area contributed by atoms with Gasteiger partial charge in [-0.1, -0.05) is 18.2 Å². The second-order valence-corrected chi connectivity index (χ2v) is 4.77. The molecule has 1 atom stereocenters. The lowest BCUT2D eigenvalue weighted by atomic mass is 10.1. The maximum absolute atomic E-state index is 13.8. The van der Waals surface area contributed by atoms with Crippen LogP contribution in [0.3, 0.4) is 0 Å². The van der Waals surface area contributed by atoms with Crippen LogP contribution in [-0.2, 0) is 7.05 Å². The van der Waals surface area contributed by atoms with Crippen LogP contribution >= 0.6 is 0 Å². The molecule has 2 heterocycles. The zero-order valence-electron chi connectivity index (χ0n) is 11.3. The number of rotatable bonds is 3. The molecule has 102 valence electrons. The molecule has 0 radical (unpaired) electrons. The van der Waals surface area contributed by atoms with E-state index in [4.69, 9.17) is 0 Å². The predicted molar refractivity (Wildman–Crippen MR) is 76.9 cm³/mol. The topological polar surface area (TPSA) is 42.7 Å². The first-order valence-electron chi connectivity index (χ1n) is 6.44. The van der Waals surface area contributed by atoms with Crippen molar-refractivity contribution in [3.8, 4) is 0 Å². The second-order valence-electron chi connectivity index (χ2n) is 4.77. The van der Waals surface area contributed by atoms with Crippen molar-refractivity contribution in [3.05, 3.63) is 54.2 Å². The summed E-state index contributed by atoms with van der Waals surface area (Å²) in [6.07, 6.45) is 3.44. The van der Waals surface area contributed by atoms with Gasteiger partial charge in [0.1, 0.15) is 17.7 Å². The van der Waals surface area contributed by atoms with E-state index in [1.54, 1.807) is 12.1 Å². The van der Waals surface area contributed by atoms with E-state index in [0.29, 0.717) is 11.4 Å². The highest BCUT2D eigenvalue weighted by molar-refractivity contribution is 5.86. The fourth-order valence-electron chi connectivity index (χ4n) is 2.33. The van der Waals surface area contributed by atoms with Crippen LogP contribution in [0.15, 0.2) is 42.9 Å². The Kier molecular flexibility index (Phi) is 3.10. The quantitative estimate of drug-likeness (QED) is 0.794. The minimum atomic E-state index is -0.218. The molecule has 20 heavy (non-hydrogen) atoms. The molecule has 5 heteroatoms. The third kappa shape index (κ3) is 2.11. The Labute approximate surface area is 116 Å². The van der Waals surface area contributed by atoms with Gasteiger partial charge in [-0.25, -0.2) is 14.4 Å². The van der Waals surface area contributed by atoms with Crippen LogP contribution in [0, 0.1) is 5.82 Å². The molecule has 0 aliphatic heterocycles. The number of nitrogens with zero attached hydrogens (tertiary/aromatic N) is 3. The number of halogens is 1. The standard InChI is InChI=1S/C15H15FN4/c1-10(11-5-3-4-6-12(11)16)19-15-14-13(17-9-18-15)7-8-20(14)2/h3-10H,1-2H3,(H,17,18,19)/t10-/m0/s1. The summed E-state index contributed by atoms with van der Waals surface area (Å²) in [5, 5.41) is 3.26. The van der Waals surface area contributed by atoms with Gasteiger partial charge in [0.15, 0.2) is 5.82 Å². The third-order valence-corrected chi connectivity index (χ3v) is 3.38. The molecule has 3 rings (SSSR count). The fraction of sp³-hybridized carbons (Fsp3) is 0.200. The lowest BCUT2D eigenvalue weighted by Crippen LogP contribution is -2.11. The van der Waals surface area contributed by atoms with Gasteiger partial charge in [-0.15, -0.1) is 0 Å². The summed E-state index contributed by atoms with van der Waals surface area (Å²) in [4.78, 5) is 8.48. The van der Waals surface area contributed by atoms with Gasteiger partial charge in [0.25, 0.3) is 0 Å². The van der Waals surface area contributed by atoms with Crippen molar-refractivity contribution < 1.29 is 4.39 Å². The molecule has 0 fully saturated rings. The number of anilines is 1. The van der Waals surface area contributed by atoms with Crippen molar-refractivity contribution >= 4 is 16.9 Å². The smallest absolute Gasteiger partial charge is 0.154 e. The van der Waals surface area contributed by atoms with Gasteiger partial charge in [0, 0.05) is 18.8 Å². The zero-order chi connectivity index (χ0) is 14.1. The molecule has 0 saturated heterocycles. The van der Waals surface area contributed by atoms with Gasteiger partial charge in [-0.3, -0.25) is 0 Å². The SMILES string of the molecule is C[C@H](Nc1ncnc2ccn(C)c12)c1ccccc1F. The predicted octanol–water partition coefficient (Wildman–Crippen LogP) is 3.28. The Morgan fingerprint density at radius 1 is 1.20 bits per heavy atom. The van der Waals surface area contributed by atoms with Crippen LogP contribution < -0.4 is 5.32 Å². The first kappa shape index (κ1) is 12.6. The highest BCUT2D eigenvalue weighted by Gasteiger charge is 2.13. The first-order chi connectivity index (χ1) is 9.66. The third-order valence-electron chi connectivity index (χ3n) is 3.38. The highest BCUT2D eigenvalue weighted by atomic mass is 19.1. The Hall–Kier alpha value is -2.43. The monoisotopic (exact) mass is 270 g/mol. The van der Waals surface area contributed by atoms with Crippen molar-refractivity contribution in [2.45, 2.75) is 13.0 Å². The van der Waals surface area contributed by atoms with Gasteiger partial charge >= 0.3 is 0 Å². The van der Waals surface area contributed by atoms with Crippen molar-refractivity contribution in [3.63, 3.8) is 0 Å². The van der Waals surface area contributed by atoms with Crippen LogP contribution in [0.5, 0.6) is 0 Å². The lowest BCUT2D eigenvalue weighted by Gasteiger charge is -2.16. The number of aryl methyl sites for hydroxylation is 1. The summed E-state index contributed by atoms with van der Waals surface area (Å²) >= 11 is 0.